The number of piperazine rings is 1. The number of anilines is 1. The summed E-state index contributed by atoms with van der Waals surface area (Å²) in [6.45, 7) is 11.2. The van der Waals surface area contributed by atoms with Crippen LogP contribution in [0.1, 0.15) is 40.5 Å². The highest BCUT2D eigenvalue weighted by Gasteiger charge is 2.32. The molecule has 0 radical (unpaired) electrons. The van der Waals surface area contributed by atoms with E-state index in [9.17, 15) is 10.1 Å². The summed E-state index contributed by atoms with van der Waals surface area (Å²) in [5.74, 6) is 0.781. The van der Waals surface area contributed by atoms with Gasteiger partial charge in [0.05, 0.1) is 18.0 Å². The fourth-order valence-electron chi connectivity index (χ4n) is 3.85. The molecule has 166 valence electrons. The van der Waals surface area contributed by atoms with Crippen LogP contribution in [-0.2, 0) is 9.53 Å². The number of nitrogens with one attached hydrogen (secondary N) is 2. The van der Waals surface area contributed by atoms with Gasteiger partial charge in [-0.05, 0) is 24.0 Å². The molecule has 1 aromatic carbocycles. The van der Waals surface area contributed by atoms with Gasteiger partial charge in [-0.1, -0.05) is 52.7 Å². The van der Waals surface area contributed by atoms with Crippen molar-refractivity contribution in [3.8, 4) is 6.07 Å². The van der Waals surface area contributed by atoms with Gasteiger partial charge in [-0.2, -0.15) is 5.26 Å². The van der Waals surface area contributed by atoms with Crippen molar-refractivity contribution in [3.05, 3.63) is 35.5 Å². The lowest BCUT2D eigenvalue weighted by molar-refractivity contribution is -0.140. The van der Waals surface area contributed by atoms with Crippen LogP contribution in [0.4, 0.5) is 11.4 Å². The summed E-state index contributed by atoms with van der Waals surface area (Å²) in [5, 5.41) is 16.7. The summed E-state index contributed by atoms with van der Waals surface area (Å²) in [6, 6.07) is 10.1. The van der Waals surface area contributed by atoms with Gasteiger partial charge in [-0.3, -0.25) is 0 Å². The van der Waals surface area contributed by atoms with Gasteiger partial charge in [0.2, 0.25) is 0 Å². The Morgan fingerprint density at radius 1 is 1.32 bits per heavy atom. The third kappa shape index (κ3) is 5.26. The quantitative estimate of drug-likeness (QED) is 0.411. The standard InChI is InChI=1S/C24H33N5O2/c1-5-17(6-2)15-31-24(30)18(13-25)22-23(28-20-10-8-7-9-19(20)27-22)29-12-11-26-21(14-29)16(3)4/h7-10,16-17,21,26-27H,5-6,11-12,14-15H2,1-4H3. The average molecular weight is 424 g/mol. The number of nitrogens with zero attached hydrogens (tertiary/aromatic N) is 3. The van der Waals surface area contributed by atoms with Crippen LogP contribution in [0.5, 0.6) is 0 Å². The summed E-state index contributed by atoms with van der Waals surface area (Å²) in [6.07, 6.45) is 1.86. The smallest absolute Gasteiger partial charge is 0.351 e. The molecule has 1 aromatic rings. The van der Waals surface area contributed by atoms with Crippen LogP contribution in [0.25, 0.3) is 0 Å². The van der Waals surface area contributed by atoms with E-state index in [1.54, 1.807) is 0 Å². The van der Waals surface area contributed by atoms with Gasteiger partial charge in [0.25, 0.3) is 0 Å². The van der Waals surface area contributed by atoms with Gasteiger partial charge >= 0.3 is 5.97 Å². The van der Waals surface area contributed by atoms with Gasteiger partial charge in [-0.25, -0.2) is 9.79 Å². The minimum absolute atomic E-state index is 0.0289. The van der Waals surface area contributed by atoms with Crippen molar-refractivity contribution in [2.75, 3.05) is 31.6 Å². The first kappa shape index (κ1) is 22.8. The predicted molar refractivity (Wildman–Crippen MR) is 123 cm³/mol. The minimum atomic E-state index is -0.598. The van der Waals surface area contributed by atoms with E-state index >= 15 is 0 Å². The predicted octanol–water partition coefficient (Wildman–Crippen LogP) is 3.83. The number of para-hydroxylation sites is 2. The number of aliphatic imine (C=N–C) groups is 1. The SMILES string of the molecule is CCC(CC)COC(=O)C(C#N)=C1Nc2ccccc2N=C1N1CCNC(C(C)C)C1. The van der Waals surface area contributed by atoms with Crippen molar-refractivity contribution in [2.24, 2.45) is 16.8 Å². The Balaban J connectivity index is 1.97. The van der Waals surface area contributed by atoms with Gasteiger partial charge in [0.15, 0.2) is 11.4 Å². The summed E-state index contributed by atoms with van der Waals surface area (Å²) < 4.78 is 5.53. The highest BCUT2D eigenvalue weighted by atomic mass is 16.5. The summed E-state index contributed by atoms with van der Waals surface area (Å²) >= 11 is 0. The largest absolute Gasteiger partial charge is 0.461 e. The first-order valence-corrected chi connectivity index (χ1v) is 11.2. The topological polar surface area (TPSA) is 89.8 Å². The minimum Gasteiger partial charge on any atom is -0.461 e. The fraction of sp³-hybridized carbons (Fsp3) is 0.542. The van der Waals surface area contributed by atoms with Crippen LogP contribution in [-0.4, -0.2) is 49.0 Å². The number of amidine groups is 1. The van der Waals surface area contributed by atoms with Crippen molar-refractivity contribution in [2.45, 2.75) is 46.6 Å². The maximum atomic E-state index is 12.9. The van der Waals surface area contributed by atoms with Crippen LogP contribution < -0.4 is 10.6 Å². The molecule has 1 atom stereocenters. The third-order valence-electron chi connectivity index (χ3n) is 6.09. The highest BCUT2D eigenvalue weighted by Crippen LogP contribution is 2.33. The molecule has 1 unspecified atom stereocenters. The van der Waals surface area contributed by atoms with Crippen LogP contribution in [0.3, 0.4) is 0 Å². The molecule has 0 aromatic heterocycles. The van der Waals surface area contributed by atoms with Crippen LogP contribution in [0, 0.1) is 23.2 Å². The molecule has 3 rings (SSSR count). The van der Waals surface area contributed by atoms with Crippen molar-refractivity contribution in [3.63, 3.8) is 0 Å². The zero-order valence-corrected chi connectivity index (χ0v) is 18.9. The molecule has 1 fully saturated rings. The zero-order valence-electron chi connectivity index (χ0n) is 18.9. The Morgan fingerprint density at radius 2 is 2.06 bits per heavy atom. The van der Waals surface area contributed by atoms with Crippen LogP contribution >= 0.6 is 0 Å². The molecule has 7 nitrogen and oxygen atoms in total. The van der Waals surface area contributed by atoms with Gasteiger partial charge in [0, 0.05) is 25.7 Å². The monoisotopic (exact) mass is 423 g/mol. The van der Waals surface area contributed by atoms with Crippen molar-refractivity contribution in [1.29, 1.82) is 5.26 Å². The van der Waals surface area contributed by atoms with Gasteiger partial charge in [-0.15, -0.1) is 0 Å². The first-order chi connectivity index (χ1) is 15.0. The molecule has 0 aliphatic carbocycles. The number of hydrogen-bond donors (Lipinski definition) is 2. The Kier molecular flexibility index (Phi) is 7.69. The molecule has 1 saturated heterocycles. The third-order valence-corrected chi connectivity index (χ3v) is 6.09. The molecule has 0 spiro atoms. The highest BCUT2D eigenvalue weighted by molar-refractivity contribution is 6.12. The molecule has 2 heterocycles. The number of fused-ring (bicyclic) bond motifs is 1. The van der Waals surface area contributed by atoms with E-state index in [2.05, 4.69) is 49.3 Å². The van der Waals surface area contributed by atoms with E-state index < -0.39 is 5.97 Å². The second-order valence-corrected chi connectivity index (χ2v) is 8.47. The Bertz CT molecular complexity index is 895. The molecule has 0 bridgehead atoms. The summed E-state index contributed by atoms with van der Waals surface area (Å²) in [7, 11) is 0. The lowest BCUT2D eigenvalue weighted by Gasteiger charge is -2.39. The Labute approximate surface area is 185 Å². The zero-order chi connectivity index (χ0) is 22.4. The maximum absolute atomic E-state index is 12.9. The van der Waals surface area contributed by atoms with Crippen molar-refractivity contribution >= 4 is 23.2 Å². The van der Waals surface area contributed by atoms with Gasteiger partial charge in [0.1, 0.15) is 11.8 Å². The number of rotatable bonds is 6. The lowest BCUT2D eigenvalue weighted by atomic mass is 10.0. The molecule has 7 heteroatoms. The molecule has 31 heavy (non-hydrogen) atoms. The number of hydrogen-bond acceptors (Lipinski definition) is 7. The molecular weight excluding hydrogens is 390 g/mol. The molecule has 2 aliphatic heterocycles. The number of esters is 1. The number of nitriles is 1. The number of carbonyl (C=O) groups excluding carboxylic acids is 1. The van der Waals surface area contributed by atoms with E-state index in [1.165, 1.54) is 0 Å². The molecule has 2 aliphatic rings. The second kappa shape index (κ2) is 10.5. The summed E-state index contributed by atoms with van der Waals surface area (Å²) in [4.78, 5) is 19.9. The van der Waals surface area contributed by atoms with E-state index in [0.29, 0.717) is 36.0 Å². The van der Waals surface area contributed by atoms with Gasteiger partial charge < -0.3 is 20.3 Å². The van der Waals surface area contributed by atoms with E-state index in [4.69, 9.17) is 9.73 Å². The Morgan fingerprint density at radius 3 is 2.74 bits per heavy atom. The number of ether oxygens (including phenoxy) is 1. The first-order valence-electron chi connectivity index (χ1n) is 11.2. The second-order valence-electron chi connectivity index (χ2n) is 8.47. The normalized spacial score (nSPS) is 20.0. The average Bonchev–Trinajstić information content (AvgIpc) is 2.79. The van der Waals surface area contributed by atoms with Crippen molar-refractivity contribution < 1.29 is 9.53 Å². The van der Waals surface area contributed by atoms with E-state index in [0.717, 1.165) is 43.9 Å². The van der Waals surface area contributed by atoms with Crippen LogP contribution in [0.15, 0.2) is 40.5 Å². The molecule has 0 amide bonds. The van der Waals surface area contributed by atoms with Crippen LogP contribution in [0.2, 0.25) is 0 Å². The fourth-order valence-corrected chi connectivity index (χ4v) is 3.85. The van der Waals surface area contributed by atoms with E-state index in [1.807, 2.05) is 24.3 Å². The molecule has 2 N–H and O–H groups in total. The maximum Gasteiger partial charge on any atom is 0.351 e. The molecular formula is C24H33N5O2. The van der Waals surface area contributed by atoms with Crippen molar-refractivity contribution in [1.82, 2.24) is 10.2 Å². The summed E-state index contributed by atoms with van der Waals surface area (Å²) in [5.41, 5.74) is 1.97. The lowest BCUT2D eigenvalue weighted by Crippen LogP contribution is -2.55. The molecule has 0 saturated carbocycles. The number of carbonyl (C=O) groups is 1. The van der Waals surface area contributed by atoms with E-state index in [-0.39, 0.29) is 5.57 Å². The Hall–Kier alpha value is -2.85. The number of benzene rings is 1.